The van der Waals surface area contributed by atoms with Gasteiger partial charge in [-0.15, -0.1) is 22.7 Å². The molecule has 51 heavy (non-hydrogen) atoms. The summed E-state index contributed by atoms with van der Waals surface area (Å²) in [5.41, 5.74) is 10.6. The molecule has 0 spiro atoms. The number of thiazole rings is 2. The highest BCUT2D eigenvalue weighted by Gasteiger charge is 2.41. The monoisotopic (exact) mass is 710 g/mol. The van der Waals surface area contributed by atoms with Gasteiger partial charge in [0, 0.05) is 83.7 Å². The van der Waals surface area contributed by atoms with Crippen LogP contribution in [0.1, 0.15) is 70.8 Å². The summed E-state index contributed by atoms with van der Waals surface area (Å²) in [7, 11) is 0. The maximum absolute atomic E-state index is 12.6. The Morgan fingerprint density at radius 3 is 1.45 bits per heavy atom. The van der Waals surface area contributed by atoms with Crippen LogP contribution in [0.15, 0.2) is 96.2 Å². The summed E-state index contributed by atoms with van der Waals surface area (Å²) in [5, 5.41) is 14.9. The molecule has 10 nitrogen and oxygen atoms in total. The first-order valence-electron chi connectivity index (χ1n) is 17.1. The number of aromatic nitrogens is 6. The van der Waals surface area contributed by atoms with Gasteiger partial charge in [0.25, 0.3) is 11.8 Å². The van der Waals surface area contributed by atoms with Gasteiger partial charge in [-0.3, -0.25) is 29.8 Å². The Hall–Kier alpha value is -5.46. The molecule has 2 N–H and O–H groups in total. The topological polar surface area (TPSA) is 124 Å². The van der Waals surface area contributed by atoms with Crippen molar-refractivity contribution in [1.82, 2.24) is 40.2 Å². The van der Waals surface area contributed by atoms with E-state index in [0.717, 1.165) is 68.0 Å². The van der Waals surface area contributed by atoms with Crippen LogP contribution < -0.4 is 0 Å². The van der Waals surface area contributed by atoms with Crippen LogP contribution in [0.3, 0.4) is 0 Å². The molecule has 12 heteroatoms. The Labute approximate surface area is 302 Å². The van der Waals surface area contributed by atoms with E-state index < -0.39 is 0 Å². The third-order valence-electron chi connectivity index (χ3n) is 10.4. The van der Waals surface area contributed by atoms with Crippen molar-refractivity contribution in [1.29, 1.82) is 0 Å². The third-order valence-corrected chi connectivity index (χ3v) is 12.3. The van der Waals surface area contributed by atoms with E-state index in [1.807, 2.05) is 46.5 Å². The standard InChI is InChI=1S/C20H18N4OS.C19H16N4OS/c25-19(24-9-4-10-24)18-15-7-8-20(11-16(15)22-23-18,17-12-21-13-26-17)14-5-2-1-3-6-14;24-18(23-8-9-23)17-14-6-7-19(10-15(14)21-22-17,16-11-20-12-25-16)13-4-2-1-3-5-13/h1-3,5-8,12-13H,4,9-11H2,(H,22,23);1-7,11-12H,8-10H2,(H,21,22). The summed E-state index contributed by atoms with van der Waals surface area (Å²) >= 11 is 3.31. The van der Waals surface area contributed by atoms with Crippen molar-refractivity contribution >= 4 is 46.6 Å². The number of likely N-dealkylation sites (tertiary alicyclic amines) is 1. The van der Waals surface area contributed by atoms with Gasteiger partial charge >= 0.3 is 0 Å². The first kappa shape index (κ1) is 31.5. The number of nitrogens with zero attached hydrogens (tertiary/aromatic N) is 6. The Morgan fingerprint density at radius 2 is 1.08 bits per heavy atom. The average molecular weight is 711 g/mol. The molecule has 0 bridgehead atoms. The molecule has 2 saturated heterocycles. The van der Waals surface area contributed by atoms with Gasteiger partial charge in [0.2, 0.25) is 0 Å². The number of carbonyl (C=O) groups is 2. The van der Waals surface area contributed by atoms with E-state index in [-0.39, 0.29) is 22.6 Å². The minimum atomic E-state index is -0.279. The van der Waals surface area contributed by atoms with Crippen LogP contribution in [0.25, 0.3) is 12.2 Å². The van der Waals surface area contributed by atoms with Crippen LogP contribution in [0.5, 0.6) is 0 Å². The molecule has 254 valence electrons. The van der Waals surface area contributed by atoms with Crippen molar-refractivity contribution in [2.24, 2.45) is 0 Å². The predicted octanol–water partition coefficient (Wildman–Crippen LogP) is 6.15. The van der Waals surface area contributed by atoms with E-state index in [0.29, 0.717) is 11.4 Å². The van der Waals surface area contributed by atoms with E-state index in [1.54, 1.807) is 27.6 Å². The molecule has 0 radical (unpaired) electrons. The minimum Gasteiger partial charge on any atom is -0.337 e. The van der Waals surface area contributed by atoms with Crippen molar-refractivity contribution < 1.29 is 9.59 Å². The van der Waals surface area contributed by atoms with Gasteiger partial charge in [0.05, 0.1) is 21.9 Å². The highest BCUT2D eigenvalue weighted by molar-refractivity contribution is 7.10. The van der Waals surface area contributed by atoms with Crippen molar-refractivity contribution in [3.05, 3.63) is 151 Å². The fourth-order valence-corrected chi connectivity index (χ4v) is 8.94. The maximum atomic E-state index is 12.6. The molecule has 2 unspecified atom stereocenters. The summed E-state index contributed by atoms with van der Waals surface area (Å²) in [6.07, 6.45) is 15.0. The largest absolute Gasteiger partial charge is 0.337 e. The lowest BCUT2D eigenvalue weighted by molar-refractivity contribution is 0.0645. The number of H-pyrrole nitrogens is 2. The van der Waals surface area contributed by atoms with E-state index >= 15 is 0 Å². The van der Waals surface area contributed by atoms with Crippen molar-refractivity contribution in [3.8, 4) is 0 Å². The summed E-state index contributed by atoms with van der Waals surface area (Å²) < 4.78 is 0. The number of carbonyl (C=O) groups excluding carboxylic acids is 2. The lowest BCUT2D eigenvalue weighted by Gasteiger charge is -2.33. The molecular weight excluding hydrogens is 677 g/mol. The predicted molar refractivity (Wildman–Crippen MR) is 198 cm³/mol. The van der Waals surface area contributed by atoms with Crippen LogP contribution in [0.4, 0.5) is 0 Å². The first-order chi connectivity index (χ1) is 25.1. The van der Waals surface area contributed by atoms with Crippen LogP contribution in [-0.4, -0.2) is 78.2 Å². The molecule has 2 aromatic carbocycles. The number of benzene rings is 2. The normalized spacial score (nSPS) is 21.3. The van der Waals surface area contributed by atoms with Gasteiger partial charge in [0.15, 0.2) is 11.4 Å². The Kier molecular flexibility index (Phi) is 7.85. The summed E-state index contributed by atoms with van der Waals surface area (Å²) in [4.78, 5) is 39.6. The number of hydrogen-bond acceptors (Lipinski definition) is 8. The van der Waals surface area contributed by atoms with E-state index in [4.69, 9.17) is 0 Å². The zero-order chi connectivity index (χ0) is 34.4. The van der Waals surface area contributed by atoms with E-state index in [1.165, 1.54) is 20.9 Å². The molecule has 10 rings (SSSR count). The summed E-state index contributed by atoms with van der Waals surface area (Å²) in [5.74, 6) is 0.0514. The SMILES string of the molecule is O=C(c1n[nH]c2c1C=CC(c1ccccc1)(c1cncs1)C2)N1CC1.O=C(c1n[nH]c2c1C=CC(c1ccccc1)(c1cncs1)C2)N1CCC1. The Balaban J connectivity index is 0.000000137. The molecule has 4 aliphatic rings. The Morgan fingerprint density at radius 1 is 0.627 bits per heavy atom. The molecule has 2 atom stereocenters. The van der Waals surface area contributed by atoms with Gasteiger partial charge < -0.3 is 9.80 Å². The van der Waals surface area contributed by atoms with Crippen molar-refractivity contribution in [3.63, 3.8) is 0 Å². The van der Waals surface area contributed by atoms with Gasteiger partial charge in [0.1, 0.15) is 0 Å². The second-order valence-corrected chi connectivity index (χ2v) is 15.1. The van der Waals surface area contributed by atoms with Gasteiger partial charge in [-0.25, -0.2) is 0 Å². The smallest absolute Gasteiger partial charge is 0.275 e. The number of nitrogens with one attached hydrogen (secondary N) is 2. The number of amides is 2. The van der Waals surface area contributed by atoms with Crippen LogP contribution in [0.2, 0.25) is 0 Å². The van der Waals surface area contributed by atoms with Gasteiger partial charge in [-0.1, -0.05) is 85.0 Å². The fraction of sp³-hybridized carbons (Fsp3) is 0.231. The number of hydrogen-bond donors (Lipinski definition) is 2. The minimum absolute atomic E-state index is 0.0205. The second-order valence-electron chi connectivity index (χ2n) is 13.3. The quantitative estimate of drug-likeness (QED) is 0.200. The third kappa shape index (κ3) is 5.46. The number of fused-ring (bicyclic) bond motifs is 2. The molecule has 6 heterocycles. The van der Waals surface area contributed by atoms with Crippen LogP contribution in [-0.2, 0) is 23.7 Å². The summed E-state index contributed by atoms with van der Waals surface area (Å²) in [6.45, 7) is 3.33. The zero-order valence-corrected chi connectivity index (χ0v) is 29.3. The molecule has 2 aliphatic heterocycles. The molecule has 6 aromatic rings. The molecule has 2 amide bonds. The lowest BCUT2D eigenvalue weighted by atomic mass is 9.72. The molecular formula is C39H34N8O2S2. The highest BCUT2D eigenvalue weighted by Crippen LogP contribution is 2.44. The van der Waals surface area contributed by atoms with Gasteiger partial charge in [-0.05, 0) is 17.5 Å². The summed E-state index contributed by atoms with van der Waals surface area (Å²) in [6, 6.07) is 20.9. The lowest BCUT2D eigenvalue weighted by Crippen LogP contribution is -2.42. The second kappa shape index (κ2) is 12.7. The van der Waals surface area contributed by atoms with Crippen molar-refractivity contribution in [2.45, 2.75) is 30.1 Å². The van der Waals surface area contributed by atoms with E-state index in [2.05, 4.69) is 97.1 Å². The van der Waals surface area contributed by atoms with Crippen LogP contribution in [0, 0.1) is 0 Å². The van der Waals surface area contributed by atoms with Crippen LogP contribution >= 0.6 is 22.7 Å². The Bertz CT molecular complexity index is 2250. The number of allylic oxidation sites excluding steroid dienone is 2. The first-order valence-corrected chi connectivity index (χ1v) is 18.8. The average Bonchev–Trinajstić information content (AvgIpc) is 3.62. The molecule has 2 fully saturated rings. The number of aromatic amines is 2. The maximum Gasteiger partial charge on any atom is 0.275 e. The molecule has 0 saturated carbocycles. The highest BCUT2D eigenvalue weighted by atomic mass is 32.1. The zero-order valence-electron chi connectivity index (χ0n) is 27.7. The molecule has 4 aromatic heterocycles. The number of rotatable bonds is 6. The molecule has 2 aliphatic carbocycles. The van der Waals surface area contributed by atoms with E-state index in [9.17, 15) is 9.59 Å². The van der Waals surface area contributed by atoms with Gasteiger partial charge in [-0.2, -0.15) is 10.2 Å². The van der Waals surface area contributed by atoms with Crippen molar-refractivity contribution in [2.75, 3.05) is 26.2 Å². The fourth-order valence-electron chi connectivity index (χ4n) is 7.29.